The van der Waals surface area contributed by atoms with Crippen LogP contribution < -0.4 is 0 Å². The molecule has 0 spiro atoms. The van der Waals surface area contributed by atoms with Crippen LogP contribution in [0.15, 0.2) is 23.0 Å². The van der Waals surface area contributed by atoms with Gasteiger partial charge in [-0.15, -0.1) is 0 Å². The van der Waals surface area contributed by atoms with Crippen LogP contribution in [0, 0.1) is 0 Å². The lowest BCUT2D eigenvalue weighted by Crippen LogP contribution is -2.33. The fourth-order valence-electron chi connectivity index (χ4n) is 2.90. The summed E-state index contributed by atoms with van der Waals surface area (Å²) in [5.74, 6) is 1.03. The van der Waals surface area contributed by atoms with Crippen molar-refractivity contribution >= 4 is 0 Å². The number of pyridine rings is 1. The van der Waals surface area contributed by atoms with Crippen molar-refractivity contribution < 1.29 is 14.4 Å². The molecule has 0 radical (unpaired) electrons. The first-order chi connectivity index (χ1) is 10.2. The average molecular weight is 289 g/mol. The van der Waals surface area contributed by atoms with Gasteiger partial charge in [0.05, 0.1) is 11.8 Å². The summed E-state index contributed by atoms with van der Waals surface area (Å²) in [7, 11) is 0. The molecule has 0 bridgehead atoms. The van der Waals surface area contributed by atoms with Crippen LogP contribution in [0.2, 0.25) is 0 Å². The summed E-state index contributed by atoms with van der Waals surface area (Å²) in [6, 6.07) is 1.55. The van der Waals surface area contributed by atoms with Gasteiger partial charge >= 0.3 is 0 Å². The summed E-state index contributed by atoms with van der Waals surface area (Å²) in [4.78, 5) is 8.41. The largest absolute Gasteiger partial charge is 0.506 e. The van der Waals surface area contributed by atoms with Crippen LogP contribution >= 0.6 is 0 Å². The number of aromatic hydroxyl groups is 1. The summed E-state index contributed by atoms with van der Waals surface area (Å²) in [6.07, 6.45) is 8.22. The summed E-state index contributed by atoms with van der Waals surface area (Å²) >= 11 is 0. The third kappa shape index (κ3) is 2.76. The lowest BCUT2D eigenvalue weighted by atomic mass is 9.84. The second kappa shape index (κ2) is 5.81. The molecule has 0 unspecified atom stereocenters. The maximum absolute atomic E-state index is 9.49. The monoisotopic (exact) mass is 289 g/mol. The van der Waals surface area contributed by atoms with Crippen molar-refractivity contribution in [3.05, 3.63) is 24.3 Å². The number of rotatable bonds is 4. The van der Waals surface area contributed by atoms with Gasteiger partial charge in [0.2, 0.25) is 5.82 Å². The van der Waals surface area contributed by atoms with E-state index in [1.807, 2.05) is 6.92 Å². The summed E-state index contributed by atoms with van der Waals surface area (Å²) in [5.41, 5.74) is 0.176. The molecular weight excluding hydrogens is 270 g/mol. The van der Waals surface area contributed by atoms with E-state index < -0.39 is 5.60 Å². The topological polar surface area (TPSA) is 81.3 Å². The standard InChI is InChI=1S/C15H19N3O3/c1-2-20-15(6-4-3-5-7-15)14-17-13(21-18-14)11-8-12(19)10-16-9-11/h8-10,19H,2-7H2,1H3. The van der Waals surface area contributed by atoms with E-state index in [4.69, 9.17) is 9.26 Å². The Balaban J connectivity index is 1.92. The van der Waals surface area contributed by atoms with E-state index >= 15 is 0 Å². The molecule has 2 heterocycles. The Morgan fingerprint density at radius 2 is 2.10 bits per heavy atom. The first-order valence-corrected chi connectivity index (χ1v) is 7.36. The lowest BCUT2D eigenvalue weighted by Gasteiger charge is -2.33. The first kappa shape index (κ1) is 14.0. The SMILES string of the molecule is CCOC1(c2noc(-c3cncc(O)c3)n2)CCCCC1. The van der Waals surface area contributed by atoms with Crippen LogP contribution in [0.25, 0.3) is 11.5 Å². The summed E-state index contributed by atoms with van der Waals surface area (Å²) in [6.45, 7) is 2.61. The summed E-state index contributed by atoms with van der Waals surface area (Å²) < 4.78 is 11.3. The third-order valence-electron chi connectivity index (χ3n) is 3.89. The fraction of sp³-hybridized carbons (Fsp3) is 0.533. The van der Waals surface area contributed by atoms with E-state index in [9.17, 15) is 5.11 Å². The fourth-order valence-corrected chi connectivity index (χ4v) is 2.90. The minimum absolute atomic E-state index is 0.0736. The quantitative estimate of drug-likeness (QED) is 0.931. The van der Waals surface area contributed by atoms with E-state index in [1.54, 1.807) is 12.3 Å². The second-order valence-electron chi connectivity index (χ2n) is 5.34. The van der Waals surface area contributed by atoms with Crippen molar-refractivity contribution in [3.8, 4) is 17.2 Å². The van der Waals surface area contributed by atoms with Gasteiger partial charge in [0.1, 0.15) is 11.4 Å². The highest BCUT2D eigenvalue weighted by atomic mass is 16.5. The van der Waals surface area contributed by atoms with Gasteiger partial charge in [0.25, 0.3) is 5.89 Å². The first-order valence-electron chi connectivity index (χ1n) is 7.36. The maximum Gasteiger partial charge on any atom is 0.259 e. The molecule has 0 saturated heterocycles. The molecule has 1 aliphatic rings. The number of aromatic nitrogens is 3. The molecule has 1 fully saturated rings. The second-order valence-corrected chi connectivity index (χ2v) is 5.34. The zero-order valence-electron chi connectivity index (χ0n) is 12.1. The average Bonchev–Trinajstić information content (AvgIpc) is 2.99. The number of hydrogen-bond acceptors (Lipinski definition) is 6. The van der Waals surface area contributed by atoms with Crippen LogP contribution in [0.4, 0.5) is 0 Å². The smallest absolute Gasteiger partial charge is 0.259 e. The molecule has 0 aromatic carbocycles. The van der Waals surface area contributed by atoms with Gasteiger partial charge in [0, 0.05) is 12.8 Å². The van der Waals surface area contributed by atoms with Crippen molar-refractivity contribution in [1.29, 1.82) is 0 Å². The van der Waals surface area contributed by atoms with Crippen molar-refractivity contribution in [2.45, 2.75) is 44.6 Å². The number of nitrogens with zero attached hydrogens (tertiary/aromatic N) is 3. The molecule has 21 heavy (non-hydrogen) atoms. The van der Waals surface area contributed by atoms with Gasteiger partial charge in [-0.05, 0) is 25.8 Å². The molecule has 1 aliphatic carbocycles. The molecule has 112 valence electrons. The van der Waals surface area contributed by atoms with E-state index in [-0.39, 0.29) is 5.75 Å². The lowest BCUT2D eigenvalue weighted by molar-refractivity contribution is -0.0777. The van der Waals surface area contributed by atoms with E-state index in [0.29, 0.717) is 23.9 Å². The van der Waals surface area contributed by atoms with Crippen molar-refractivity contribution in [3.63, 3.8) is 0 Å². The van der Waals surface area contributed by atoms with E-state index in [1.165, 1.54) is 12.6 Å². The van der Waals surface area contributed by atoms with Crippen LogP contribution in [-0.2, 0) is 10.3 Å². The predicted molar refractivity (Wildman–Crippen MR) is 75.6 cm³/mol. The summed E-state index contributed by atoms with van der Waals surface area (Å²) in [5, 5.41) is 13.6. The number of ether oxygens (including phenoxy) is 1. The highest BCUT2D eigenvalue weighted by Gasteiger charge is 2.39. The molecule has 2 aromatic heterocycles. The Kier molecular flexibility index (Phi) is 3.88. The molecular formula is C15H19N3O3. The zero-order chi connectivity index (χ0) is 14.7. The Hall–Kier alpha value is -1.95. The van der Waals surface area contributed by atoms with Gasteiger partial charge in [-0.25, -0.2) is 0 Å². The van der Waals surface area contributed by atoms with E-state index in [0.717, 1.165) is 25.7 Å². The molecule has 1 N–H and O–H groups in total. The molecule has 6 nitrogen and oxygen atoms in total. The highest BCUT2D eigenvalue weighted by molar-refractivity contribution is 5.53. The Labute approximate surface area is 123 Å². The molecule has 0 amide bonds. The molecule has 3 rings (SSSR count). The van der Waals surface area contributed by atoms with Gasteiger partial charge < -0.3 is 14.4 Å². The predicted octanol–water partition coefficient (Wildman–Crippen LogP) is 3.03. The molecule has 1 saturated carbocycles. The molecule has 6 heteroatoms. The van der Waals surface area contributed by atoms with Crippen molar-refractivity contribution in [1.82, 2.24) is 15.1 Å². The van der Waals surface area contributed by atoms with Gasteiger partial charge in [-0.1, -0.05) is 24.4 Å². The third-order valence-corrected chi connectivity index (χ3v) is 3.89. The van der Waals surface area contributed by atoms with Gasteiger partial charge in [-0.2, -0.15) is 4.98 Å². The Morgan fingerprint density at radius 3 is 2.81 bits per heavy atom. The van der Waals surface area contributed by atoms with Crippen molar-refractivity contribution in [2.75, 3.05) is 6.61 Å². The van der Waals surface area contributed by atoms with E-state index in [2.05, 4.69) is 15.1 Å². The minimum atomic E-state index is -0.432. The van der Waals surface area contributed by atoms with Crippen molar-refractivity contribution in [2.24, 2.45) is 0 Å². The van der Waals surface area contributed by atoms with Crippen LogP contribution in [-0.4, -0.2) is 26.8 Å². The maximum atomic E-state index is 9.49. The number of hydrogen-bond donors (Lipinski definition) is 1. The Bertz CT molecular complexity index is 600. The molecule has 2 aromatic rings. The molecule has 0 atom stereocenters. The minimum Gasteiger partial charge on any atom is -0.506 e. The zero-order valence-corrected chi connectivity index (χ0v) is 12.1. The normalized spacial score (nSPS) is 17.8. The highest BCUT2D eigenvalue weighted by Crippen LogP contribution is 2.39. The van der Waals surface area contributed by atoms with Crippen LogP contribution in [0.3, 0.4) is 0 Å². The van der Waals surface area contributed by atoms with Crippen LogP contribution in [0.1, 0.15) is 44.9 Å². The van der Waals surface area contributed by atoms with Crippen LogP contribution in [0.5, 0.6) is 5.75 Å². The van der Waals surface area contributed by atoms with Gasteiger partial charge in [-0.3, -0.25) is 4.98 Å². The Morgan fingerprint density at radius 1 is 1.29 bits per heavy atom. The van der Waals surface area contributed by atoms with Gasteiger partial charge in [0.15, 0.2) is 0 Å². The molecule has 0 aliphatic heterocycles.